The fourth-order valence-electron chi connectivity index (χ4n) is 1.88. The molecule has 0 heterocycles. The lowest BCUT2D eigenvalue weighted by Gasteiger charge is -2.21. The predicted molar refractivity (Wildman–Crippen MR) is 72.3 cm³/mol. The number of likely N-dealkylation sites (N-methyl/N-ethyl adjacent to an activating group) is 1. The Labute approximate surface area is 113 Å². The highest BCUT2D eigenvalue weighted by Crippen LogP contribution is 2.18. The van der Waals surface area contributed by atoms with E-state index in [-0.39, 0.29) is 11.7 Å². The average molecular weight is 268 g/mol. The number of ether oxygens (including phenoxy) is 1. The Morgan fingerprint density at radius 1 is 1.53 bits per heavy atom. The van der Waals surface area contributed by atoms with Gasteiger partial charge in [-0.1, -0.05) is 19.4 Å². The normalized spacial score (nSPS) is 12.1. The summed E-state index contributed by atoms with van der Waals surface area (Å²) in [5.41, 5.74) is 6.48. The summed E-state index contributed by atoms with van der Waals surface area (Å²) in [6.07, 6.45) is 1.51. The molecule has 0 aliphatic heterocycles. The molecule has 1 atom stereocenters. The van der Waals surface area contributed by atoms with E-state index in [0.29, 0.717) is 18.5 Å². The van der Waals surface area contributed by atoms with Crippen molar-refractivity contribution in [3.8, 4) is 5.75 Å². The second kappa shape index (κ2) is 7.09. The van der Waals surface area contributed by atoms with Crippen LogP contribution in [0, 0.1) is 5.82 Å². The van der Waals surface area contributed by atoms with Crippen molar-refractivity contribution >= 4 is 5.91 Å². The summed E-state index contributed by atoms with van der Waals surface area (Å²) in [4.78, 5) is 13.4. The van der Waals surface area contributed by atoms with Gasteiger partial charge in [0, 0.05) is 13.6 Å². The Morgan fingerprint density at radius 2 is 2.21 bits per heavy atom. The van der Waals surface area contributed by atoms with E-state index < -0.39 is 11.9 Å². The number of rotatable bonds is 6. The summed E-state index contributed by atoms with van der Waals surface area (Å²) in [6, 6.07) is 4.16. The fourth-order valence-corrected chi connectivity index (χ4v) is 1.88. The molecule has 0 fully saturated rings. The molecule has 2 N–H and O–H groups in total. The monoisotopic (exact) mass is 268 g/mol. The number of methoxy groups -OCH3 is 1. The van der Waals surface area contributed by atoms with E-state index in [1.54, 1.807) is 19.2 Å². The highest BCUT2D eigenvalue weighted by Gasteiger charge is 2.17. The summed E-state index contributed by atoms with van der Waals surface area (Å²) in [6.45, 7) is 2.31. The molecule has 0 aromatic heterocycles. The molecule has 1 aromatic carbocycles. The second-order valence-electron chi connectivity index (χ2n) is 4.56. The largest absolute Gasteiger partial charge is 0.494 e. The first-order valence-electron chi connectivity index (χ1n) is 6.32. The van der Waals surface area contributed by atoms with E-state index in [9.17, 15) is 9.18 Å². The van der Waals surface area contributed by atoms with Crippen LogP contribution in [0.2, 0.25) is 0 Å². The van der Waals surface area contributed by atoms with Crippen LogP contribution < -0.4 is 10.5 Å². The van der Waals surface area contributed by atoms with Crippen LogP contribution in [0.1, 0.15) is 25.3 Å². The molecular weight excluding hydrogens is 247 g/mol. The third-order valence-electron chi connectivity index (χ3n) is 2.93. The molecule has 0 saturated heterocycles. The number of carbonyl (C=O) groups excluding carboxylic acids is 1. The molecule has 19 heavy (non-hydrogen) atoms. The molecule has 5 heteroatoms. The maximum atomic E-state index is 13.5. The SMILES string of the molecule is CCC[C@@H](N)C(=O)N(C)Cc1ccc(OC)c(F)c1. The lowest BCUT2D eigenvalue weighted by molar-refractivity contribution is -0.132. The van der Waals surface area contributed by atoms with E-state index in [0.717, 1.165) is 6.42 Å². The molecule has 0 bridgehead atoms. The highest BCUT2D eigenvalue weighted by atomic mass is 19.1. The number of halogens is 1. The Bertz CT molecular complexity index is 437. The van der Waals surface area contributed by atoms with Crippen molar-refractivity contribution in [3.05, 3.63) is 29.6 Å². The van der Waals surface area contributed by atoms with Crippen LogP contribution in [0.5, 0.6) is 5.75 Å². The Kier molecular flexibility index (Phi) is 5.76. The Balaban J connectivity index is 2.68. The van der Waals surface area contributed by atoms with Crippen LogP contribution in [-0.2, 0) is 11.3 Å². The minimum Gasteiger partial charge on any atom is -0.494 e. The van der Waals surface area contributed by atoms with Gasteiger partial charge in [0.25, 0.3) is 0 Å². The number of carbonyl (C=O) groups is 1. The molecule has 0 spiro atoms. The predicted octanol–water partition coefficient (Wildman–Crippen LogP) is 1.92. The molecule has 106 valence electrons. The molecule has 0 unspecified atom stereocenters. The fraction of sp³-hybridized carbons (Fsp3) is 0.500. The molecule has 0 saturated carbocycles. The van der Waals surface area contributed by atoms with Crippen molar-refractivity contribution in [2.24, 2.45) is 5.73 Å². The first-order valence-corrected chi connectivity index (χ1v) is 6.32. The van der Waals surface area contributed by atoms with Crippen LogP contribution in [0.3, 0.4) is 0 Å². The number of hydrogen-bond acceptors (Lipinski definition) is 3. The van der Waals surface area contributed by atoms with Gasteiger partial charge in [0.05, 0.1) is 13.2 Å². The van der Waals surface area contributed by atoms with Crippen LogP contribution in [0.25, 0.3) is 0 Å². The summed E-state index contributed by atoms with van der Waals surface area (Å²) >= 11 is 0. The third kappa shape index (κ3) is 4.21. The second-order valence-corrected chi connectivity index (χ2v) is 4.56. The number of benzene rings is 1. The van der Waals surface area contributed by atoms with Crippen molar-refractivity contribution in [1.29, 1.82) is 0 Å². The standard InChI is InChI=1S/C14H21FN2O2/c1-4-5-12(16)14(18)17(2)9-10-6-7-13(19-3)11(15)8-10/h6-8,12H,4-5,9,16H2,1-3H3/t12-/m1/s1. The van der Waals surface area contributed by atoms with Gasteiger partial charge >= 0.3 is 0 Å². The zero-order valence-corrected chi connectivity index (χ0v) is 11.6. The molecule has 1 rings (SSSR count). The highest BCUT2D eigenvalue weighted by molar-refractivity contribution is 5.81. The zero-order valence-electron chi connectivity index (χ0n) is 11.6. The number of nitrogens with two attached hydrogens (primary N) is 1. The molecule has 0 aliphatic rings. The molecular formula is C14H21FN2O2. The van der Waals surface area contributed by atoms with Crippen LogP contribution >= 0.6 is 0 Å². The average Bonchev–Trinajstić information content (AvgIpc) is 2.38. The van der Waals surface area contributed by atoms with Gasteiger partial charge in [-0.05, 0) is 24.1 Å². The van der Waals surface area contributed by atoms with E-state index in [1.165, 1.54) is 18.1 Å². The van der Waals surface area contributed by atoms with Gasteiger partial charge < -0.3 is 15.4 Å². The van der Waals surface area contributed by atoms with Crippen molar-refractivity contribution in [2.45, 2.75) is 32.4 Å². The van der Waals surface area contributed by atoms with E-state index in [2.05, 4.69) is 0 Å². The molecule has 4 nitrogen and oxygen atoms in total. The van der Waals surface area contributed by atoms with Crippen LogP contribution in [-0.4, -0.2) is 31.0 Å². The molecule has 1 aromatic rings. The van der Waals surface area contributed by atoms with Gasteiger partial charge in [-0.15, -0.1) is 0 Å². The number of amides is 1. The van der Waals surface area contributed by atoms with Crippen molar-refractivity contribution < 1.29 is 13.9 Å². The Morgan fingerprint density at radius 3 is 2.74 bits per heavy atom. The van der Waals surface area contributed by atoms with E-state index in [4.69, 9.17) is 10.5 Å². The third-order valence-corrected chi connectivity index (χ3v) is 2.93. The lowest BCUT2D eigenvalue weighted by atomic mass is 10.1. The Hall–Kier alpha value is -1.62. The molecule has 1 amide bonds. The maximum Gasteiger partial charge on any atom is 0.239 e. The van der Waals surface area contributed by atoms with Gasteiger partial charge in [0.15, 0.2) is 11.6 Å². The maximum absolute atomic E-state index is 13.5. The van der Waals surface area contributed by atoms with Crippen molar-refractivity contribution in [1.82, 2.24) is 4.90 Å². The minimum absolute atomic E-state index is 0.127. The van der Waals surface area contributed by atoms with Gasteiger partial charge in [-0.2, -0.15) is 0 Å². The van der Waals surface area contributed by atoms with Gasteiger partial charge in [-0.25, -0.2) is 4.39 Å². The summed E-state index contributed by atoms with van der Waals surface area (Å²) in [5, 5.41) is 0. The van der Waals surface area contributed by atoms with Crippen LogP contribution in [0.4, 0.5) is 4.39 Å². The first kappa shape index (κ1) is 15.4. The first-order chi connectivity index (χ1) is 8.99. The topological polar surface area (TPSA) is 55.6 Å². The van der Waals surface area contributed by atoms with Gasteiger partial charge in [0.2, 0.25) is 5.91 Å². The smallest absolute Gasteiger partial charge is 0.239 e. The minimum atomic E-state index is -0.488. The summed E-state index contributed by atoms with van der Waals surface area (Å²) < 4.78 is 18.4. The molecule has 0 radical (unpaired) electrons. The van der Waals surface area contributed by atoms with Crippen molar-refractivity contribution in [2.75, 3.05) is 14.2 Å². The molecule has 0 aliphatic carbocycles. The van der Waals surface area contributed by atoms with Gasteiger partial charge in [-0.3, -0.25) is 4.79 Å². The van der Waals surface area contributed by atoms with Gasteiger partial charge in [0.1, 0.15) is 0 Å². The lowest BCUT2D eigenvalue weighted by Crippen LogP contribution is -2.41. The van der Waals surface area contributed by atoms with Crippen molar-refractivity contribution in [3.63, 3.8) is 0 Å². The number of nitrogens with zero attached hydrogens (tertiary/aromatic N) is 1. The summed E-state index contributed by atoms with van der Waals surface area (Å²) in [5.74, 6) is -0.364. The zero-order chi connectivity index (χ0) is 14.4. The van der Waals surface area contributed by atoms with E-state index in [1.807, 2.05) is 6.92 Å². The quantitative estimate of drug-likeness (QED) is 0.857. The number of hydrogen-bond donors (Lipinski definition) is 1. The van der Waals surface area contributed by atoms with Crippen LogP contribution in [0.15, 0.2) is 18.2 Å². The van der Waals surface area contributed by atoms with E-state index >= 15 is 0 Å². The summed E-state index contributed by atoms with van der Waals surface area (Å²) in [7, 11) is 3.08.